The monoisotopic (exact) mass is 101 g/mol. The van der Waals surface area contributed by atoms with Gasteiger partial charge in [-0.25, -0.2) is 0 Å². The Balaban J connectivity index is 0.000000360. The molecular weight excluding hydrogens is 94.0 g/mol. The number of hydrogen-bond acceptors (Lipinski definition) is 2. The molecule has 1 aromatic heterocycles. The van der Waals surface area contributed by atoms with Crippen LogP contribution in [0.2, 0.25) is 0 Å². The Kier molecular flexibility index (Phi) is 2.08. The molecule has 0 saturated carbocycles. The zero-order valence-electron chi connectivity index (χ0n) is 4.01. The third kappa shape index (κ3) is 1.36. The molecule has 0 spiro atoms. The molecule has 7 heavy (non-hydrogen) atoms. The van der Waals surface area contributed by atoms with Gasteiger partial charge in [0.1, 0.15) is 6.26 Å². The van der Waals surface area contributed by atoms with Crippen molar-refractivity contribution in [1.82, 2.24) is 5.16 Å². The van der Waals surface area contributed by atoms with Crippen LogP contribution in [0.3, 0.4) is 0 Å². The second kappa shape index (κ2) is 2.36. The van der Waals surface area contributed by atoms with E-state index in [9.17, 15) is 0 Å². The van der Waals surface area contributed by atoms with Crippen molar-refractivity contribution < 1.29 is 10.00 Å². The average Bonchev–Trinajstić information content (AvgIpc) is 1.86. The van der Waals surface area contributed by atoms with Crippen molar-refractivity contribution in [2.75, 3.05) is 0 Å². The third-order valence-corrected chi connectivity index (χ3v) is 0.567. The molecule has 2 N–H and O–H groups in total. The lowest BCUT2D eigenvalue weighted by molar-refractivity contribution is 0.415. The Labute approximate surface area is 41.2 Å². The van der Waals surface area contributed by atoms with Crippen LogP contribution < -0.4 is 0 Å². The molecule has 0 unspecified atom stereocenters. The topological polar surface area (TPSA) is 57.5 Å². The summed E-state index contributed by atoms with van der Waals surface area (Å²) in [5.74, 6) is 0. The van der Waals surface area contributed by atoms with Crippen LogP contribution in [0.4, 0.5) is 0 Å². The summed E-state index contributed by atoms with van der Waals surface area (Å²) in [6, 6.07) is 1.81. The number of hydrogen-bond donors (Lipinski definition) is 0. The minimum absolute atomic E-state index is 0. The summed E-state index contributed by atoms with van der Waals surface area (Å²) in [4.78, 5) is 0. The highest BCUT2D eigenvalue weighted by Gasteiger charge is 1.77. The number of nitrogens with zero attached hydrogens (tertiary/aromatic N) is 1. The summed E-state index contributed by atoms with van der Waals surface area (Å²) in [5.41, 5.74) is 0.926. The van der Waals surface area contributed by atoms with Crippen molar-refractivity contribution in [1.29, 1.82) is 0 Å². The van der Waals surface area contributed by atoms with E-state index in [0.29, 0.717) is 0 Å². The molecule has 3 heteroatoms. The first-order chi connectivity index (χ1) is 2.89. The van der Waals surface area contributed by atoms with Crippen LogP contribution in [0, 0.1) is 6.92 Å². The molecule has 0 aliphatic carbocycles. The number of aromatic nitrogens is 1. The van der Waals surface area contributed by atoms with E-state index in [-0.39, 0.29) is 5.48 Å². The summed E-state index contributed by atoms with van der Waals surface area (Å²) in [6.45, 7) is 1.88. The molecule has 0 fully saturated rings. The summed E-state index contributed by atoms with van der Waals surface area (Å²) in [7, 11) is 0. The second-order valence-electron chi connectivity index (χ2n) is 1.14. The average molecular weight is 101 g/mol. The third-order valence-electron chi connectivity index (χ3n) is 0.567. The molecular formula is C4H7NO2. The fourth-order valence-electron chi connectivity index (χ4n) is 0.273. The molecule has 0 atom stereocenters. The highest BCUT2D eigenvalue weighted by molar-refractivity contribution is 4.89. The van der Waals surface area contributed by atoms with Gasteiger partial charge in [0.25, 0.3) is 0 Å². The molecule has 0 aliphatic heterocycles. The first-order valence-corrected chi connectivity index (χ1v) is 1.76. The maximum atomic E-state index is 4.46. The molecule has 0 aromatic carbocycles. The van der Waals surface area contributed by atoms with Gasteiger partial charge in [0, 0.05) is 6.07 Å². The van der Waals surface area contributed by atoms with Gasteiger partial charge in [-0.3, -0.25) is 0 Å². The van der Waals surface area contributed by atoms with Gasteiger partial charge >= 0.3 is 0 Å². The van der Waals surface area contributed by atoms with Crippen molar-refractivity contribution >= 4 is 0 Å². The van der Waals surface area contributed by atoms with Crippen molar-refractivity contribution in [2.45, 2.75) is 6.92 Å². The number of aryl methyl sites for hydroxylation is 1. The fraction of sp³-hybridized carbons (Fsp3) is 0.250. The SMILES string of the molecule is Cc1ccon1.O. The summed E-state index contributed by atoms with van der Waals surface area (Å²) < 4.78 is 4.46. The Morgan fingerprint density at radius 3 is 2.57 bits per heavy atom. The van der Waals surface area contributed by atoms with Gasteiger partial charge in [-0.1, -0.05) is 5.16 Å². The first kappa shape index (κ1) is 6.17. The molecule has 40 valence electrons. The molecule has 1 aromatic rings. The normalized spacial score (nSPS) is 7.57. The van der Waals surface area contributed by atoms with Crippen LogP contribution in [0.15, 0.2) is 16.9 Å². The zero-order chi connectivity index (χ0) is 4.41. The fourth-order valence-corrected chi connectivity index (χ4v) is 0.273. The molecule has 0 bridgehead atoms. The molecule has 0 saturated heterocycles. The molecule has 1 rings (SSSR count). The summed E-state index contributed by atoms with van der Waals surface area (Å²) in [6.07, 6.45) is 1.55. The summed E-state index contributed by atoms with van der Waals surface area (Å²) >= 11 is 0. The minimum atomic E-state index is 0. The van der Waals surface area contributed by atoms with Gasteiger partial charge in [-0.15, -0.1) is 0 Å². The van der Waals surface area contributed by atoms with Gasteiger partial charge in [-0.2, -0.15) is 0 Å². The Bertz CT molecular complexity index is 113. The van der Waals surface area contributed by atoms with Gasteiger partial charge in [-0.05, 0) is 6.92 Å². The van der Waals surface area contributed by atoms with E-state index in [1.165, 1.54) is 0 Å². The number of rotatable bonds is 0. The predicted molar refractivity (Wildman–Crippen MR) is 24.9 cm³/mol. The Hall–Kier alpha value is -0.830. The molecule has 0 aliphatic rings. The van der Waals surface area contributed by atoms with Gasteiger partial charge in [0.05, 0.1) is 5.69 Å². The lowest BCUT2D eigenvalue weighted by Crippen LogP contribution is -1.59. The van der Waals surface area contributed by atoms with Crippen LogP contribution >= 0.6 is 0 Å². The van der Waals surface area contributed by atoms with Crippen LogP contribution in [-0.4, -0.2) is 10.6 Å². The Morgan fingerprint density at radius 2 is 2.43 bits per heavy atom. The molecule has 3 nitrogen and oxygen atoms in total. The van der Waals surface area contributed by atoms with E-state index in [2.05, 4.69) is 9.68 Å². The maximum Gasteiger partial charge on any atom is 0.124 e. The van der Waals surface area contributed by atoms with Gasteiger partial charge < -0.3 is 10.00 Å². The predicted octanol–water partition coefficient (Wildman–Crippen LogP) is 0.158. The quantitative estimate of drug-likeness (QED) is 0.467. The van der Waals surface area contributed by atoms with Crippen molar-refractivity contribution in [3.05, 3.63) is 18.0 Å². The van der Waals surface area contributed by atoms with E-state index < -0.39 is 0 Å². The van der Waals surface area contributed by atoms with E-state index in [1.54, 1.807) is 12.3 Å². The van der Waals surface area contributed by atoms with Crippen LogP contribution in [0.1, 0.15) is 5.69 Å². The van der Waals surface area contributed by atoms with Crippen molar-refractivity contribution in [3.8, 4) is 0 Å². The lowest BCUT2D eigenvalue weighted by atomic mass is 10.5. The van der Waals surface area contributed by atoms with Crippen LogP contribution in [-0.2, 0) is 0 Å². The maximum absolute atomic E-state index is 4.46. The van der Waals surface area contributed by atoms with E-state index >= 15 is 0 Å². The molecule has 1 heterocycles. The van der Waals surface area contributed by atoms with Crippen molar-refractivity contribution in [3.63, 3.8) is 0 Å². The standard InChI is InChI=1S/C4H5NO.H2O/c1-4-2-3-6-5-4;/h2-3H,1H3;1H2. The van der Waals surface area contributed by atoms with Crippen LogP contribution in [0.25, 0.3) is 0 Å². The van der Waals surface area contributed by atoms with Crippen molar-refractivity contribution in [2.24, 2.45) is 0 Å². The Morgan fingerprint density at radius 1 is 1.71 bits per heavy atom. The molecule has 0 radical (unpaired) electrons. The first-order valence-electron chi connectivity index (χ1n) is 1.76. The minimum Gasteiger partial charge on any atom is -0.412 e. The molecule has 0 amide bonds. The summed E-state index contributed by atoms with van der Waals surface area (Å²) in [5, 5.41) is 3.54. The van der Waals surface area contributed by atoms with E-state index in [0.717, 1.165) is 5.69 Å². The van der Waals surface area contributed by atoms with E-state index in [1.807, 2.05) is 6.92 Å². The highest BCUT2D eigenvalue weighted by atomic mass is 16.5. The van der Waals surface area contributed by atoms with Gasteiger partial charge in [0.15, 0.2) is 0 Å². The van der Waals surface area contributed by atoms with Crippen LogP contribution in [0.5, 0.6) is 0 Å². The van der Waals surface area contributed by atoms with Gasteiger partial charge in [0.2, 0.25) is 0 Å². The largest absolute Gasteiger partial charge is 0.412 e. The smallest absolute Gasteiger partial charge is 0.124 e. The lowest BCUT2D eigenvalue weighted by Gasteiger charge is -1.62. The second-order valence-corrected chi connectivity index (χ2v) is 1.14. The zero-order valence-corrected chi connectivity index (χ0v) is 4.01. The highest BCUT2D eigenvalue weighted by Crippen LogP contribution is 1.86. The van der Waals surface area contributed by atoms with E-state index in [4.69, 9.17) is 0 Å².